The van der Waals surface area contributed by atoms with E-state index in [4.69, 9.17) is 5.53 Å². The molecule has 0 aliphatic heterocycles. The summed E-state index contributed by atoms with van der Waals surface area (Å²) in [4.78, 5) is 14.3. The van der Waals surface area contributed by atoms with E-state index >= 15 is 0 Å². The molecule has 0 aromatic heterocycles. The number of nitrogens with zero attached hydrogens (tertiary/aromatic N) is 3. The van der Waals surface area contributed by atoms with Crippen molar-refractivity contribution in [1.29, 1.82) is 0 Å². The summed E-state index contributed by atoms with van der Waals surface area (Å²) in [6.45, 7) is 3.97. The molecule has 1 atom stereocenters. The number of hydrogen-bond acceptors (Lipinski definition) is 3. The molecule has 0 aliphatic rings. The quantitative estimate of drug-likeness (QED) is 0.250. The minimum atomic E-state index is -0.308. The molecule has 1 unspecified atom stereocenters. The van der Waals surface area contributed by atoms with Gasteiger partial charge in [-0.05, 0) is 35.2 Å². The number of halogens is 1. The van der Waals surface area contributed by atoms with E-state index in [2.05, 4.69) is 57.1 Å². The molecule has 0 spiro atoms. The van der Waals surface area contributed by atoms with Gasteiger partial charge < -0.3 is 10.6 Å². The summed E-state index contributed by atoms with van der Waals surface area (Å²) in [7, 11) is 0. The van der Waals surface area contributed by atoms with Crippen molar-refractivity contribution >= 4 is 18.3 Å². The molecule has 0 bridgehead atoms. The summed E-state index contributed by atoms with van der Waals surface area (Å²) in [5.74, 6) is -0.0820. The van der Waals surface area contributed by atoms with Crippen molar-refractivity contribution in [1.82, 2.24) is 10.6 Å². The first-order chi connectivity index (χ1) is 12.7. The van der Waals surface area contributed by atoms with Crippen LogP contribution in [0.2, 0.25) is 0 Å². The number of carbonyl (C=O) groups is 1. The minimum absolute atomic E-state index is 0. The average molecular weight is 404 g/mol. The molecule has 0 fully saturated rings. The van der Waals surface area contributed by atoms with Crippen LogP contribution < -0.4 is 10.6 Å². The van der Waals surface area contributed by atoms with Crippen LogP contribution in [0, 0.1) is 0 Å². The van der Waals surface area contributed by atoms with Gasteiger partial charge in [-0.15, -0.1) is 12.4 Å². The van der Waals surface area contributed by atoms with E-state index in [0.717, 1.165) is 19.5 Å². The molecule has 2 aromatic rings. The van der Waals surface area contributed by atoms with Crippen molar-refractivity contribution < 1.29 is 4.79 Å². The Morgan fingerprint density at radius 3 is 2.36 bits per heavy atom. The zero-order valence-corrected chi connectivity index (χ0v) is 16.3. The lowest BCUT2D eigenvalue weighted by Crippen LogP contribution is -2.28. The largest absolute Gasteiger partial charge is 0.356 e. The maximum absolute atomic E-state index is 11.6. The zero-order valence-electron chi connectivity index (χ0n) is 15.5. The molecule has 2 N–H and O–H groups in total. The summed E-state index contributed by atoms with van der Waals surface area (Å²) in [6, 6.07) is 18.5. The Bertz CT molecular complexity index is 730. The standard InChI is InChI=1S/C20H25N5O.CH4.ClH/c1-16(24-25-21)14-20(26)23-13-5-12-22-15-17-8-10-19(11-9-17)18-6-3-2-4-7-18;;/h2-4,6-11,16,22H,5,12-15H2,1H3,(H,23,26);1H4;1H. The van der Waals surface area contributed by atoms with Crippen LogP contribution >= 0.6 is 12.4 Å². The third-order valence-electron chi connectivity index (χ3n) is 3.97. The van der Waals surface area contributed by atoms with E-state index in [1.807, 2.05) is 18.2 Å². The molecule has 1 amide bonds. The summed E-state index contributed by atoms with van der Waals surface area (Å²) in [5.41, 5.74) is 12.0. The third-order valence-corrected chi connectivity index (χ3v) is 3.97. The summed E-state index contributed by atoms with van der Waals surface area (Å²) < 4.78 is 0. The Hall–Kier alpha value is -2.53. The van der Waals surface area contributed by atoms with Gasteiger partial charge in [0.05, 0.1) is 0 Å². The van der Waals surface area contributed by atoms with Crippen LogP contribution in [-0.4, -0.2) is 25.0 Å². The van der Waals surface area contributed by atoms with E-state index < -0.39 is 0 Å². The molecule has 0 heterocycles. The Balaban J connectivity index is 0.00000364. The lowest BCUT2D eigenvalue weighted by molar-refractivity contribution is -0.121. The van der Waals surface area contributed by atoms with Gasteiger partial charge in [0.15, 0.2) is 0 Å². The first kappa shape index (κ1) is 25.5. The molecule has 2 rings (SSSR count). The monoisotopic (exact) mass is 403 g/mol. The molecule has 2 aromatic carbocycles. The van der Waals surface area contributed by atoms with E-state index in [-0.39, 0.29) is 38.2 Å². The van der Waals surface area contributed by atoms with E-state index in [9.17, 15) is 4.79 Å². The minimum Gasteiger partial charge on any atom is -0.356 e. The summed E-state index contributed by atoms with van der Waals surface area (Å²) in [5, 5.41) is 9.70. The van der Waals surface area contributed by atoms with Crippen LogP contribution in [0.5, 0.6) is 0 Å². The van der Waals surface area contributed by atoms with Gasteiger partial charge in [0.1, 0.15) is 0 Å². The van der Waals surface area contributed by atoms with Gasteiger partial charge in [-0.1, -0.05) is 74.1 Å². The van der Waals surface area contributed by atoms with Crippen LogP contribution in [-0.2, 0) is 11.3 Å². The summed E-state index contributed by atoms with van der Waals surface area (Å²) in [6.07, 6.45) is 1.08. The van der Waals surface area contributed by atoms with Crippen LogP contribution in [0.3, 0.4) is 0 Å². The highest BCUT2D eigenvalue weighted by Crippen LogP contribution is 2.19. The lowest BCUT2D eigenvalue weighted by atomic mass is 10.0. The molecule has 0 saturated carbocycles. The SMILES string of the molecule is C.CC(CC(=O)NCCCNCc1ccc(-c2ccccc2)cc1)N=[N+]=[N-].Cl. The predicted octanol–water partition coefficient (Wildman–Crippen LogP) is 5.10. The number of azide groups is 1. The fourth-order valence-electron chi connectivity index (χ4n) is 2.59. The van der Waals surface area contributed by atoms with Gasteiger partial charge >= 0.3 is 0 Å². The zero-order chi connectivity index (χ0) is 18.6. The first-order valence-electron chi connectivity index (χ1n) is 8.85. The fraction of sp³-hybridized carbons (Fsp3) is 0.381. The van der Waals surface area contributed by atoms with Crippen LogP contribution in [0.4, 0.5) is 0 Å². The van der Waals surface area contributed by atoms with Crippen LogP contribution in [0.1, 0.15) is 32.8 Å². The average Bonchev–Trinajstić information content (AvgIpc) is 2.66. The topological polar surface area (TPSA) is 89.9 Å². The first-order valence-corrected chi connectivity index (χ1v) is 8.85. The fourth-order valence-corrected chi connectivity index (χ4v) is 2.59. The second-order valence-electron chi connectivity index (χ2n) is 6.20. The third kappa shape index (κ3) is 9.42. The Morgan fingerprint density at radius 1 is 1.07 bits per heavy atom. The molecule has 0 saturated heterocycles. The highest BCUT2D eigenvalue weighted by molar-refractivity contribution is 5.85. The molecule has 0 aliphatic carbocycles. The number of benzene rings is 2. The molecule has 0 radical (unpaired) electrons. The Labute approximate surface area is 173 Å². The second kappa shape index (κ2) is 14.5. The Morgan fingerprint density at radius 2 is 1.71 bits per heavy atom. The second-order valence-corrected chi connectivity index (χ2v) is 6.20. The van der Waals surface area contributed by atoms with E-state index in [1.165, 1.54) is 16.7 Å². The van der Waals surface area contributed by atoms with Crippen molar-refractivity contribution in [2.75, 3.05) is 13.1 Å². The number of rotatable bonds is 10. The van der Waals surface area contributed by atoms with Crippen LogP contribution in [0.15, 0.2) is 59.7 Å². The maximum Gasteiger partial charge on any atom is 0.220 e. The van der Waals surface area contributed by atoms with Gasteiger partial charge in [-0.3, -0.25) is 4.79 Å². The van der Waals surface area contributed by atoms with E-state index in [0.29, 0.717) is 6.54 Å². The number of nitrogens with one attached hydrogen (secondary N) is 2. The maximum atomic E-state index is 11.6. The van der Waals surface area contributed by atoms with Crippen molar-refractivity contribution in [3.05, 3.63) is 70.6 Å². The molecule has 152 valence electrons. The smallest absolute Gasteiger partial charge is 0.220 e. The van der Waals surface area contributed by atoms with Gasteiger partial charge in [-0.25, -0.2) is 0 Å². The number of hydrogen-bond donors (Lipinski definition) is 2. The van der Waals surface area contributed by atoms with Gasteiger partial charge in [0.2, 0.25) is 5.91 Å². The predicted molar refractivity (Wildman–Crippen MR) is 118 cm³/mol. The van der Waals surface area contributed by atoms with Gasteiger partial charge in [-0.2, -0.15) is 0 Å². The molecule has 7 heteroatoms. The normalized spacial score (nSPS) is 10.6. The number of carbonyl (C=O) groups excluding carboxylic acids is 1. The van der Waals surface area contributed by atoms with Crippen molar-refractivity contribution in [3.8, 4) is 11.1 Å². The Kier molecular flexibility index (Phi) is 13.2. The summed E-state index contributed by atoms with van der Waals surface area (Å²) >= 11 is 0. The number of amides is 1. The van der Waals surface area contributed by atoms with E-state index in [1.54, 1.807) is 6.92 Å². The molecule has 28 heavy (non-hydrogen) atoms. The van der Waals surface area contributed by atoms with Gasteiger partial charge in [0.25, 0.3) is 0 Å². The van der Waals surface area contributed by atoms with Crippen LogP contribution in [0.25, 0.3) is 21.6 Å². The molecular formula is C21H30ClN5O. The molecular weight excluding hydrogens is 374 g/mol. The van der Waals surface area contributed by atoms with Gasteiger partial charge in [0, 0.05) is 30.5 Å². The molecule has 6 nitrogen and oxygen atoms in total. The van der Waals surface area contributed by atoms with Crippen molar-refractivity contribution in [2.24, 2.45) is 5.11 Å². The highest BCUT2D eigenvalue weighted by atomic mass is 35.5. The highest BCUT2D eigenvalue weighted by Gasteiger charge is 2.06. The van der Waals surface area contributed by atoms with Crippen molar-refractivity contribution in [2.45, 2.75) is 39.8 Å². The lowest BCUT2D eigenvalue weighted by Gasteiger charge is -2.08. The van der Waals surface area contributed by atoms with Crippen molar-refractivity contribution in [3.63, 3.8) is 0 Å².